The van der Waals surface area contributed by atoms with E-state index >= 15 is 0 Å². The van der Waals surface area contributed by atoms with Gasteiger partial charge in [-0.25, -0.2) is 9.18 Å². The average Bonchev–Trinajstić information content (AvgIpc) is 3.03. The van der Waals surface area contributed by atoms with E-state index in [1.165, 1.54) is 30.4 Å². The molecule has 1 aliphatic rings. The molecule has 0 fully saturated rings. The fraction of sp³-hybridized carbons (Fsp3) is 0.261. The molecule has 0 bridgehead atoms. The Labute approximate surface area is 186 Å². The third-order valence-corrected chi connectivity index (χ3v) is 5.60. The van der Waals surface area contributed by atoms with Crippen LogP contribution in [0.3, 0.4) is 0 Å². The maximum atomic E-state index is 14.6. The van der Waals surface area contributed by atoms with Crippen molar-refractivity contribution in [3.8, 4) is 11.1 Å². The highest BCUT2D eigenvalue weighted by atomic mass is 19.4. The fourth-order valence-electron chi connectivity index (χ4n) is 3.83. The molecule has 0 aromatic heterocycles. The zero-order valence-electron chi connectivity index (χ0n) is 17.3. The van der Waals surface area contributed by atoms with E-state index in [2.05, 4.69) is 5.32 Å². The van der Waals surface area contributed by atoms with E-state index < -0.39 is 53.4 Å². The van der Waals surface area contributed by atoms with E-state index in [0.717, 1.165) is 18.3 Å². The predicted octanol–water partition coefficient (Wildman–Crippen LogP) is 2.92. The lowest BCUT2D eigenvalue weighted by atomic mass is 9.89. The van der Waals surface area contributed by atoms with Crippen molar-refractivity contribution < 1.29 is 42.8 Å². The van der Waals surface area contributed by atoms with Gasteiger partial charge in [0.25, 0.3) is 0 Å². The van der Waals surface area contributed by atoms with Gasteiger partial charge in [-0.05, 0) is 41.3 Å². The molecular weight excluding hydrogens is 446 g/mol. The smallest absolute Gasteiger partial charge is 0.425 e. The Morgan fingerprint density at radius 2 is 1.76 bits per heavy atom. The normalized spacial score (nSPS) is 18.4. The van der Waals surface area contributed by atoms with Gasteiger partial charge in [0.15, 0.2) is 5.54 Å². The molecule has 10 heteroatoms. The molecule has 5 N–H and O–H groups in total. The second kappa shape index (κ2) is 8.62. The maximum absolute atomic E-state index is 14.6. The van der Waals surface area contributed by atoms with Gasteiger partial charge in [-0.15, -0.1) is 0 Å². The Kier molecular flexibility index (Phi) is 6.38. The Bertz CT molecular complexity index is 1140. The van der Waals surface area contributed by atoms with Crippen LogP contribution in [0.1, 0.15) is 23.6 Å². The van der Waals surface area contributed by atoms with Crippen molar-refractivity contribution in [3.63, 3.8) is 0 Å². The van der Waals surface area contributed by atoms with E-state index in [0.29, 0.717) is 6.07 Å². The minimum Gasteiger partial charge on any atom is -0.479 e. The molecule has 6 nitrogen and oxygen atoms in total. The molecule has 176 valence electrons. The van der Waals surface area contributed by atoms with E-state index in [-0.39, 0.29) is 22.3 Å². The van der Waals surface area contributed by atoms with Gasteiger partial charge in [-0.3, -0.25) is 0 Å². The van der Waals surface area contributed by atoms with E-state index in [1.807, 2.05) is 0 Å². The van der Waals surface area contributed by atoms with E-state index in [9.17, 15) is 42.8 Å². The van der Waals surface area contributed by atoms with Crippen molar-refractivity contribution >= 4 is 11.5 Å². The number of carboxylic acid groups (broad SMARTS) is 1. The van der Waals surface area contributed by atoms with Gasteiger partial charge in [0, 0.05) is 17.3 Å². The van der Waals surface area contributed by atoms with Crippen LogP contribution in [0.25, 0.3) is 16.7 Å². The largest absolute Gasteiger partial charge is 0.479 e. The number of aliphatic carboxylic acids is 1. The number of fused-ring (bicyclic) bond motifs is 3. The molecule has 0 heterocycles. The molecule has 0 saturated carbocycles. The summed E-state index contributed by atoms with van der Waals surface area (Å²) in [7, 11) is 0. The number of carboxylic acids is 1. The number of alkyl halides is 3. The third kappa shape index (κ3) is 3.79. The second-order valence-electron chi connectivity index (χ2n) is 7.58. The standard InChI is InChI=1S/C23H21F4NO5/c1-2-5-13(10-28-21(11-29,12-30)20(31)32)16-8-14(24)9-18-19(16)15-6-3-4-7-17(15)22(18,33)23(25,26)27/h2-10,28-30,33H,11-12H2,1H3,(H,31,32)/b5-2-,13-10+. The number of nitrogens with one attached hydrogen (secondary N) is 1. The van der Waals surface area contributed by atoms with Crippen LogP contribution in [0, 0.1) is 5.82 Å². The SMILES string of the molecule is C/C=C\C(=C/NC(CO)(CO)C(=O)O)c1cc(F)cc2c1-c1ccccc1C2(O)C(F)(F)F. The topological polar surface area (TPSA) is 110 Å². The van der Waals surface area contributed by atoms with Crippen LogP contribution in [0.2, 0.25) is 0 Å². The van der Waals surface area contributed by atoms with Gasteiger partial charge in [-0.1, -0.05) is 36.4 Å². The number of aliphatic hydroxyl groups excluding tert-OH is 2. The van der Waals surface area contributed by atoms with Gasteiger partial charge in [-0.2, -0.15) is 13.2 Å². The molecule has 2 aromatic carbocycles. The molecule has 0 spiro atoms. The van der Waals surface area contributed by atoms with Gasteiger partial charge in [0.05, 0.1) is 13.2 Å². The quantitative estimate of drug-likeness (QED) is 0.317. The lowest BCUT2D eigenvalue weighted by molar-refractivity contribution is -0.246. The number of hydrogen-bond acceptors (Lipinski definition) is 5. The highest BCUT2D eigenvalue weighted by Crippen LogP contribution is 2.56. The van der Waals surface area contributed by atoms with Crippen LogP contribution < -0.4 is 5.32 Å². The van der Waals surface area contributed by atoms with Gasteiger partial charge >= 0.3 is 12.1 Å². The Morgan fingerprint density at radius 1 is 1.12 bits per heavy atom. The molecule has 0 radical (unpaired) electrons. The molecule has 2 aromatic rings. The molecule has 33 heavy (non-hydrogen) atoms. The lowest BCUT2D eigenvalue weighted by Crippen LogP contribution is -2.56. The van der Waals surface area contributed by atoms with Crippen LogP contribution in [0.5, 0.6) is 0 Å². The van der Waals surface area contributed by atoms with E-state index in [4.69, 9.17) is 0 Å². The van der Waals surface area contributed by atoms with Crippen LogP contribution >= 0.6 is 0 Å². The van der Waals surface area contributed by atoms with Crippen molar-refractivity contribution in [1.82, 2.24) is 5.32 Å². The van der Waals surface area contributed by atoms with E-state index in [1.54, 1.807) is 6.92 Å². The first kappa shape index (κ1) is 24.4. The predicted molar refractivity (Wildman–Crippen MR) is 111 cm³/mol. The zero-order valence-corrected chi connectivity index (χ0v) is 17.3. The summed E-state index contributed by atoms with van der Waals surface area (Å²) in [4.78, 5) is 11.5. The Hall–Kier alpha value is -3.21. The highest BCUT2D eigenvalue weighted by molar-refractivity contribution is 5.92. The lowest BCUT2D eigenvalue weighted by Gasteiger charge is -2.28. The van der Waals surface area contributed by atoms with Crippen molar-refractivity contribution in [1.29, 1.82) is 0 Å². The second-order valence-corrected chi connectivity index (χ2v) is 7.58. The van der Waals surface area contributed by atoms with Crippen LogP contribution in [-0.2, 0) is 10.4 Å². The summed E-state index contributed by atoms with van der Waals surface area (Å²) in [5, 5.41) is 41.5. The summed E-state index contributed by atoms with van der Waals surface area (Å²) in [6.45, 7) is -0.428. The third-order valence-electron chi connectivity index (χ3n) is 5.60. The number of rotatable bonds is 7. The number of halogens is 4. The van der Waals surface area contributed by atoms with Crippen molar-refractivity contribution in [2.45, 2.75) is 24.2 Å². The summed E-state index contributed by atoms with van der Waals surface area (Å²) in [5.74, 6) is -2.63. The van der Waals surface area contributed by atoms with Gasteiger partial charge < -0.3 is 25.7 Å². The zero-order chi connectivity index (χ0) is 24.6. The van der Waals surface area contributed by atoms with Crippen molar-refractivity contribution in [3.05, 3.63) is 77.3 Å². The molecule has 0 amide bonds. The van der Waals surface area contributed by atoms with Crippen molar-refractivity contribution in [2.75, 3.05) is 13.2 Å². The highest BCUT2D eigenvalue weighted by Gasteiger charge is 2.61. The number of carbonyl (C=O) groups is 1. The number of hydrogen-bond donors (Lipinski definition) is 5. The minimum atomic E-state index is -5.16. The first-order valence-corrected chi connectivity index (χ1v) is 9.76. The summed E-state index contributed by atoms with van der Waals surface area (Å²) in [5.41, 5.74) is -6.84. The summed E-state index contributed by atoms with van der Waals surface area (Å²) >= 11 is 0. The van der Waals surface area contributed by atoms with Crippen LogP contribution in [0.15, 0.2) is 54.8 Å². The molecule has 3 rings (SSSR count). The van der Waals surface area contributed by atoms with Crippen LogP contribution in [-0.4, -0.2) is 51.3 Å². The average molecular weight is 467 g/mol. The summed E-state index contributed by atoms with van der Waals surface area (Å²) in [6, 6.07) is 6.85. The Morgan fingerprint density at radius 3 is 2.30 bits per heavy atom. The van der Waals surface area contributed by atoms with Crippen molar-refractivity contribution in [2.24, 2.45) is 0 Å². The fourth-order valence-corrected chi connectivity index (χ4v) is 3.83. The maximum Gasteiger partial charge on any atom is 0.425 e. The summed E-state index contributed by atoms with van der Waals surface area (Å²) in [6.07, 6.45) is -1.23. The molecule has 0 aliphatic heterocycles. The first-order chi connectivity index (χ1) is 15.5. The number of benzene rings is 2. The number of allylic oxidation sites excluding steroid dienone is 3. The van der Waals surface area contributed by atoms with Gasteiger partial charge in [0.2, 0.25) is 5.60 Å². The number of aliphatic hydroxyl groups is 3. The first-order valence-electron chi connectivity index (χ1n) is 9.76. The molecule has 0 saturated heterocycles. The Balaban J connectivity index is 2.32. The summed E-state index contributed by atoms with van der Waals surface area (Å²) < 4.78 is 56.8. The molecule has 1 unspecified atom stereocenters. The van der Waals surface area contributed by atoms with Crippen LogP contribution in [0.4, 0.5) is 17.6 Å². The molecule has 1 atom stereocenters. The molecular formula is C23H21F4NO5. The molecule has 1 aliphatic carbocycles. The van der Waals surface area contributed by atoms with Gasteiger partial charge in [0.1, 0.15) is 5.82 Å². The minimum absolute atomic E-state index is 0.0338. The monoisotopic (exact) mass is 467 g/mol.